The van der Waals surface area contributed by atoms with Crippen LogP contribution in [0.25, 0.3) is 0 Å². The first-order valence-electron chi connectivity index (χ1n) is 6.56. The summed E-state index contributed by atoms with van der Waals surface area (Å²) >= 11 is 0. The highest BCUT2D eigenvalue weighted by atomic mass is 16.5. The van der Waals surface area contributed by atoms with Crippen molar-refractivity contribution in [2.45, 2.75) is 13.3 Å². The smallest absolute Gasteiger partial charge is 0.166 e. The maximum Gasteiger partial charge on any atom is 0.166 e. The van der Waals surface area contributed by atoms with E-state index in [1.165, 1.54) is 0 Å². The number of hydrogen-bond donors (Lipinski definition) is 0. The van der Waals surface area contributed by atoms with Crippen LogP contribution >= 0.6 is 0 Å². The van der Waals surface area contributed by atoms with Gasteiger partial charge in [-0.2, -0.15) is 0 Å². The zero-order chi connectivity index (χ0) is 14.4. The lowest BCUT2D eigenvalue weighted by Gasteiger charge is -2.07. The van der Waals surface area contributed by atoms with Crippen LogP contribution in [0, 0.1) is 6.92 Å². The normalized spacial score (nSPS) is 10.1. The first-order chi connectivity index (χ1) is 9.69. The molecule has 0 fully saturated rings. The van der Waals surface area contributed by atoms with Crippen molar-refractivity contribution >= 4 is 5.78 Å². The fraction of sp³-hybridized carbons (Fsp3) is 0.235. The topological polar surface area (TPSA) is 35.5 Å². The van der Waals surface area contributed by atoms with Crippen LogP contribution < -0.4 is 9.47 Å². The van der Waals surface area contributed by atoms with Crippen molar-refractivity contribution in [3.8, 4) is 11.5 Å². The van der Waals surface area contributed by atoms with Crippen molar-refractivity contribution < 1.29 is 14.3 Å². The Morgan fingerprint density at radius 3 is 2.15 bits per heavy atom. The standard InChI is InChI=1S/C17H18O3/c1-13-3-5-14(6-4-13)17(18)11-12-20-16-9-7-15(19-2)8-10-16/h3-10H,11-12H2,1-2H3. The molecule has 0 amide bonds. The third kappa shape index (κ3) is 3.85. The van der Waals surface area contributed by atoms with E-state index in [0.29, 0.717) is 13.0 Å². The highest BCUT2D eigenvalue weighted by Gasteiger charge is 2.05. The fourth-order valence-electron chi connectivity index (χ4n) is 1.82. The van der Waals surface area contributed by atoms with Gasteiger partial charge in [-0.1, -0.05) is 29.8 Å². The second-order valence-electron chi connectivity index (χ2n) is 4.56. The Labute approximate surface area is 119 Å². The van der Waals surface area contributed by atoms with E-state index >= 15 is 0 Å². The highest BCUT2D eigenvalue weighted by molar-refractivity contribution is 5.96. The number of methoxy groups -OCH3 is 1. The summed E-state index contributed by atoms with van der Waals surface area (Å²) in [6, 6.07) is 14.9. The summed E-state index contributed by atoms with van der Waals surface area (Å²) in [5.74, 6) is 1.62. The van der Waals surface area contributed by atoms with Gasteiger partial charge in [0.2, 0.25) is 0 Å². The molecule has 0 aliphatic heterocycles. The summed E-state index contributed by atoms with van der Waals surface area (Å²) in [7, 11) is 1.62. The van der Waals surface area contributed by atoms with E-state index in [-0.39, 0.29) is 5.78 Å². The minimum Gasteiger partial charge on any atom is -0.497 e. The number of hydrogen-bond acceptors (Lipinski definition) is 3. The highest BCUT2D eigenvalue weighted by Crippen LogP contribution is 2.17. The molecule has 0 heterocycles. The van der Waals surface area contributed by atoms with E-state index in [9.17, 15) is 4.79 Å². The Balaban J connectivity index is 1.82. The molecule has 0 aliphatic rings. The molecule has 0 aromatic heterocycles. The Bertz CT molecular complexity index is 556. The van der Waals surface area contributed by atoms with Crippen molar-refractivity contribution in [2.75, 3.05) is 13.7 Å². The third-order valence-electron chi connectivity index (χ3n) is 3.03. The Hall–Kier alpha value is -2.29. The van der Waals surface area contributed by atoms with Gasteiger partial charge in [0.25, 0.3) is 0 Å². The van der Waals surface area contributed by atoms with Gasteiger partial charge in [0, 0.05) is 12.0 Å². The fourth-order valence-corrected chi connectivity index (χ4v) is 1.82. The zero-order valence-corrected chi connectivity index (χ0v) is 11.8. The van der Waals surface area contributed by atoms with Crippen LogP contribution in [-0.4, -0.2) is 19.5 Å². The molecule has 0 bridgehead atoms. The van der Waals surface area contributed by atoms with Crippen molar-refractivity contribution in [1.82, 2.24) is 0 Å². The first-order valence-corrected chi connectivity index (χ1v) is 6.56. The van der Waals surface area contributed by atoms with Gasteiger partial charge < -0.3 is 9.47 Å². The molecule has 0 aliphatic carbocycles. The largest absolute Gasteiger partial charge is 0.497 e. The van der Waals surface area contributed by atoms with Gasteiger partial charge in [-0.25, -0.2) is 0 Å². The number of Topliss-reactive ketones (excluding diaryl/α,β-unsaturated/α-hetero) is 1. The molecule has 0 atom stereocenters. The van der Waals surface area contributed by atoms with Crippen LogP contribution in [-0.2, 0) is 0 Å². The number of carbonyl (C=O) groups is 1. The predicted octanol–water partition coefficient (Wildman–Crippen LogP) is 3.66. The number of ether oxygens (including phenoxy) is 2. The minimum atomic E-state index is 0.0958. The van der Waals surface area contributed by atoms with Gasteiger partial charge in [0.1, 0.15) is 11.5 Å². The quantitative estimate of drug-likeness (QED) is 0.751. The Morgan fingerprint density at radius 1 is 0.950 bits per heavy atom. The molecule has 0 saturated carbocycles. The SMILES string of the molecule is COc1ccc(OCCC(=O)c2ccc(C)cc2)cc1. The maximum atomic E-state index is 11.9. The number of benzene rings is 2. The Morgan fingerprint density at radius 2 is 1.55 bits per heavy atom. The van der Waals surface area contributed by atoms with E-state index in [2.05, 4.69) is 0 Å². The van der Waals surface area contributed by atoms with E-state index < -0.39 is 0 Å². The minimum absolute atomic E-state index is 0.0958. The molecule has 2 aromatic rings. The average Bonchev–Trinajstić information content (AvgIpc) is 2.48. The first kappa shape index (κ1) is 14.1. The maximum absolute atomic E-state index is 11.9. The average molecular weight is 270 g/mol. The lowest BCUT2D eigenvalue weighted by atomic mass is 10.1. The molecule has 20 heavy (non-hydrogen) atoms. The summed E-state index contributed by atoms with van der Waals surface area (Å²) in [6.45, 7) is 2.38. The zero-order valence-electron chi connectivity index (χ0n) is 11.8. The number of aryl methyl sites for hydroxylation is 1. The lowest BCUT2D eigenvalue weighted by Crippen LogP contribution is -2.06. The van der Waals surface area contributed by atoms with Crippen LogP contribution in [0.5, 0.6) is 11.5 Å². The van der Waals surface area contributed by atoms with Gasteiger partial charge in [0.15, 0.2) is 5.78 Å². The molecule has 0 saturated heterocycles. The van der Waals surface area contributed by atoms with Gasteiger partial charge in [-0.05, 0) is 31.2 Å². The molecule has 3 nitrogen and oxygen atoms in total. The van der Waals surface area contributed by atoms with Crippen LogP contribution in [0.1, 0.15) is 22.3 Å². The van der Waals surface area contributed by atoms with Gasteiger partial charge in [0.05, 0.1) is 13.7 Å². The van der Waals surface area contributed by atoms with E-state index in [1.54, 1.807) is 7.11 Å². The number of rotatable bonds is 6. The van der Waals surface area contributed by atoms with Crippen LogP contribution in [0.4, 0.5) is 0 Å². The number of ketones is 1. The van der Waals surface area contributed by atoms with Gasteiger partial charge in [-0.15, -0.1) is 0 Å². The molecule has 104 valence electrons. The lowest BCUT2D eigenvalue weighted by molar-refractivity contribution is 0.0962. The van der Waals surface area contributed by atoms with Crippen molar-refractivity contribution in [3.63, 3.8) is 0 Å². The Kier molecular flexibility index (Phi) is 4.77. The molecule has 3 heteroatoms. The predicted molar refractivity (Wildman–Crippen MR) is 78.6 cm³/mol. The summed E-state index contributed by atoms with van der Waals surface area (Å²) in [4.78, 5) is 11.9. The molecule has 0 spiro atoms. The monoisotopic (exact) mass is 270 g/mol. The van der Waals surface area contributed by atoms with E-state index in [1.807, 2.05) is 55.5 Å². The molecule has 2 aromatic carbocycles. The van der Waals surface area contributed by atoms with Gasteiger partial charge >= 0.3 is 0 Å². The summed E-state index contributed by atoms with van der Waals surface area (Å²) in [5.41, 5.74) is 1.88. The summed E-state index contributed by atoms with van der Waals surface area (Å²) in [6.07, 6.45) is 0.370. The molecular weight excluding hydrogens is 252 g/mol. The molecule has 0 radical (unpaired) electrons. The van der Waals surface area contributed by atoms with E-state index in [4.69, 9.17) is 9.47 Å². The van der Waals surface area contributed by atoms with Crippen LogP contribution in [0.2, 0.25) is 0 Å². The summed E-state index contributed by atoms with van der Waals surface area (Å²) < 4.78 is 10.6. The molecular formula is C17H18O3. The van der Waals surface area contributed by atoms with E-state index in [0.717, 1.165) is 22.6 Å². The second-order valence-corrected chi connectivity index (χ2v) is 4.56. The van der Waals surface area contributed by atoms with Crippen molar-refractivity contribution in [3.05, 3.63) is 59.7 Å². The molecule has 2 rings (SSSR count). The summed E-state index contributed by atoms with van der Waals surface area (Å²) in [5, 5.41) is 0. The second kappa shape index (κ2) is 6.75. The number of carbonyl (C=O) groups excluding carboxylic acids is 1. The van der Waals surface area contributed by atoms with Crippen LogP contribution in [0.3, 0.4) is 0 Å². The van der Waals surface area contributed by atoms with Gasteiger partial charge in [-0.3, -0.25) is 4.79 Å². The third-order valence-corrected chi connectivity index (χ3v) is 3.03. The van der Waals surface area contributed by atoms with Crippen molar-refractivity contribution in [2.24, 2.45) is 0 Å². The van der Waals surface area contributed by atoms with Crippen LogP contribution in [0.15, 0.2) is 48.5 Å². The molecule has 0 unspecified atom stereocenters. The molecule has 0 N–H and O–H groups in total. The van der Waals surface area contributed by atoms with Crippen molar-refractivity contribution in [1.29, 1.82) is 0 Å².